The summed E-state index contributed by atoms with van der Waals surface area (Å²) in [6.45, 7) is 3.92. The molecule has 0 unspecified atom stereocenters. The van der Waals surface area contributed by atoms with E-state index in [0.717, 1.165) is 36.9 Å². The van der Waals surface area contributed by atoms with E-state index in [1.807, 2.05) is 23.9 Å². The van der Waals surface area contributed by atoms with Gasteiger partial charge in [0.25, 0.3) is 0 Å². The normalized spacial score (nSPS) is 20.1. The van der Waals surface area contributed by atoms with Crippen LogP contribution in [0.4, 0.5) is 0 Å². The fourth-order valence-electron chi connectivity index (χ4n) is 3.14. The van der Waals surface area contributed by atoms with Crippen LogP contribution in [0.5, 0.6) is 11.5 Å². The van der Waals surface area contributed by atoms with Crippen LogP contribution in [0.1, 0.15) is 24.8 Å². The molecular formula is C19H30N2O3S. The zero-order valence-corrected chi connectivity index (χ0v) is 15.9. The van der Waals surface area contributed by atoms with Crippen molar-refractivity contribution in [3.05, 3.63) is 23.8 Å². The molecule has 1 heterocycles. The zero-order valence-electron chi connectivity index (χ0n) is 15.1. The number of β-amino-alcohol motifs (C(OH)–C–C–N with tert-alkyl or cyclic N) is 1. The maximum absolute atomic E-state index is 10.2. The Hall–Kier alpha value is -0.950. The summed E-state index contributed by atoms with van der Waals surface area (Å²) < 4.78 is 11.3. The Morgan fingerprint density at radius 3 is 2.76 bits per heavy atom. The van der Waals surface area contributed by atoms with Crippen molar-refractivity contribution in [1.82, 2.24) is 10.2 Å². The molecule has 2 aliphatic rings. The number of aliphatic hydroxyl groups excluding tert-OH is 1. The topological polar surface area (TPSA) is 54.0 Å². The summed E-state index contributed by atoms with van der Waals surface area (Å²) in [6, 6.07) is 6.71. The molecule has 1 aliphatic carbocycles. The van der Waals surface area contributed by atoms with Crippen molar-refractivity contribution in [2.75, 3.05) is 44.9 Å². The van der Waals surface area contributed by atoms with Gasteiger partial charge in [0, 0.05) is 43.7 Å². The fourth-order valence-corrected chi connectivity index (χ4v) is 4.11. The molecule has 0 amide bonds. The molecule has 5 nitrogen and oxygen atoms in total. The maximum atomic E-state index is 10.2. The molecule has 2 fully saturated rings. The molecule has 1 saturated carbocycles. The monoisotopic (exact) mass is 366 g/mol. The third-order valence-corrected chi connectivity index (χ3v) is 5.87. The molecule has 0 aromatic heterocycles. The molecule has 0 bridgehead atoms. The Balaban J connectivity index is 1.46. The van der Waals surface area contributed by atoms with Crippen LogP contribution < -0.4 is 14.8 Å². The highest BCUT2D eigenvalue weighted by atomic mass is 32.2. The Morgan fingerprint density at radius 2 is 2.08 bits per heavy atom. The number of rotatable bonds is 9. The van der Waals surface area contributed by atoms with E-state index in [4.69, 9.17) is 9.47 Å². The summed E-state index contributed by atoms with van der Waals surface area (Å²) >= 11 is 1.98. The van der Waals surface area contributed by atoms with Gasteiger partial charge in [-0.15, -0.1) is 0 Å². The first-order valence-corrected chi connectivity index (χ1v) is 10.4. The van der Waals surface area contributed by atoms with Crippen LogP contribution in [-0.2, 0) is 6.54 Å². The summed E-state index contributed by atoms with van der Waals surface area (Å²) in [5.74, 6) is 3.73. The lowest BCUT2D eigenvalue weighted by Gasteiger charge is -2.28. The van der Waals surface area contributed by atoms with E-state index in [0.29, 0.717) is 24.9 Å². The van der Waals surface area contributed by atoms with E-state index in [1.54, 1.807) is 7.11 Å². The molecule has 3 rings (SSSR count). The van der Waals surface area contributed by atoms with Crippen molar-refractivity contribution >= 4 is 11.8 Å². The predicted molar refractivity (Wildman–Crippen MR) is 103 cm³/mol. The Kier molecular flexibility index (Phi) is 7.28. The largest absolute Gasteiger partial charge is 0.493 e. The van der Waals surface area contributed by atoms with Crippen molar-refractivity contribution in [2.24, 2.45) is 0 Å². The van der Waals surface area contributed by atoms with Crippen LogP contribution in [-0.4, -0.2) is 67.0 Å². The van der Waals surface area contributed by atoms with Crippen LogP contribution >= 0.6 is 11.8 Å². The van der Waals surface area contributed by atoms with Gasteiger partial charge in [0.1, 0.15) is 12.7 Å². The van der Waals surface area contributed by atoms with E-state index in [9.17, 15) is 5.11 Å². The van der Waals surface area contributed by atoms with Gasteiger partial charge in [-0.25, -0.2) is 0 Å². The highest BCUT2D eigenvalue weighted by molar-refractivity contribution is 7.99. The minimum atomic E-state index is -0.479. The van der Waals surface area contributed by atoms with Crippen LogP contribution in [0, 0.1) is 0 Å². The minimum Gasteiger partial charge on any atom is -0.493 e. The predicted octanol–water partition coefficient (Wildman–Crippen LogP) is 2.13. The summed E-state index contributed by atoms with van der Waals surface area (Å²) in [5, 5.41) is 13.8. The quantitative estimate of drug-likeness (QED) is 0.698. The average molecular weight is 367 g/mol. The molecule has 25 heavy (non-hydrogen) atoms. The number of thioether (sulfide) groups is 1. The second kappa shape index (κ2) is 9.67. The number of aliphatic hydroxyl groups is 1. The summed E-state index contributed by atoms with van der Waals surface area (Å²) in [7, 11) is 1.66. The molecular weight excluding hydrogens is 336 g/mol. The van der Waals surface area contributed by atoms with Crippen molar-refractivity contribution in [3.63, 3.8) is 0 Å². The molecule has 1 aromatic carbocycles. The molecule has 0 radical (unpaired) electrons. The first-order chi connectivity index (χ1) is 12.2. The molecule has 1 saturated heterocycles. The number of hydrogen-bond acceptors (Lipinski definition) is 6. The Morgan fingerprint density at radius 1 is 1.28 bits per heavy atom. The molecule has 6 heteroatoms. The lowest BCUT2D eigenvalue weighted by atomic mass is 9.93. The zero-order chi connectivity index (χ0) is 17.5. The van der Waals surface area contributed by atoms with Gasteiger partial charge >= 0.3 is 0 Å². The second-order valence-electron chi connectivity index (χ2n) is 6.87. The SMILES string of the molecule is COc1cc(CNC2CCC2)ccc1OC[C@@H](O)CN1CCSCC1. The second-order valence-corrected chi connectivity index (χ2v) is 8.10. The van der Waals surface area contributed by atoms with Crippen LogP contribution in [0.15, 0.2) is 18.2 Å². The number of nitrogens with one attached hydrogen (secondary N) is 1. The molecule has 0 spiro atoms. The lowest BCUT2D eigenvalue weighted by molar-refractivity contribution is 0.0705. The summed E-state index contributed by atoms with van der Waals surface area (Å²) in [5.41, 5.74) is 1.20. The number of ether oxygens (including phenoxy) is 2. The van der Waals surface area contributed by atoms with E-state index in [-0.39, 0.29) is 0 Å². The Bertz CT molecular complexity index is 533. The van der Waals surface area contributed by atoms with Gasteiger partial charge in [0.2, 0.25) is 0 Å². The third-order valence-electron chi connectivity index (χ3n) is 4.93. The van der Waals surface area contributed by atoms with Gasteiger partial charge in [-0.1, -0.05) is 12.5 Å². The van der Waals surface area contributed by atoms with Crippen molar-refractivity contribution in [3.8, 4) is 11.5 Å². The highest BCUT2D eigenvalue weighted by Gasteiger charge is 2.18. The average Bonchev–Trinajstić information content (AvgIpc) is 2.60. The third kappa shape index (κ3) is 5.78. The van der Waals surface area contributed by atoms with E-state index in [1.165, 1.54) is 24.8 Å². The van der Waals surface area contributed by atoms with Gasteiger partial charge in [-0.3, -0.25) is 4.90 Å². The van der Waals surface area contributed by atoms with Crippen LogP contribution in [0.25, 0.3) is 0 Å². The summed E-state index contributed by atoms with van der Waals surface area (Å²) in [6.07, 6.45) is 3.43. The molecule has 1 aromatic rings. The fraction of sp³-hybridized carbons (Fsp3) is 0.684. The van der Waals surface area contributed by atoms with Gasteiger partial charge < -0.3 is 19.9 Å². The first kappa shape index (κ1) is 18.8. The van der Waals surface area contributed by atoms with Crippen molar-refractivity contribution in [2.45, 2.75) is 38.0 Å². The molecule has 140 valence electrons. The van der Waals surface area contributed by atoms with Gasteiger partial charge in [-0.05, 0) is 30.5 Å². The minimum absolute atomic E-state index is 0.291. The van der Waals surface area contributed by atoms with Gasteiger partial charge in [0.15, 0.2) is 11.5 Å². The molecule has 2 N–H and O–H groups in total. The molecule has 1 aliphatic heterocycles. The van der Waals surface area contributed by atoms with Crippen molar-refractivity contribution < 1.29 is 14.6 Å². The Labute approximate surface area is 155 Å². The number of hydrogen-bond donors (Lipinski definition) is 2. The standard InChI is InChI=1S/C19H30N2O3S/c1-23-19-11-15(12-20-16-3-2-4-16)5-6-18(19)24-14-17(22)13-21-7-9-25-10-8-21/h5-6,11,16-17,20,22H,2-4,7-10,12-14H2,1H3/t17-/m0/s1. The number of benzene rings is 1. The van der Waals surface area contributed by atoms with E-state index in [2.05, 4.69) is 16.3 Å². The molecule has 1 atom stereocenters. The van der Waals surface area contributed by atoms with E-state index >= 15 is 0 Å². The maximum Gasteiger partial charge on any atom is 0.161 e. The highest BCUT2D eigenvalue weighted by Crippen LogP contribution is 2.28. The van der Waals surface area contributed by atoms with E-state index < -0.39 is 6.10 Å². The van der Waals surface area contributed by atoms with Gasteiger partial charge in [-0.2, -0.15) is 11.8 Å². The van der Waals surface area contributed by atoms with Crippen LogP contribution in [0.3, 0.4) is 0 Å². The number of nitrogens with zero attached hydrogens (tertiary/aromatic N) is 1. The van der Waals surface area contributed by atoms with Crippen molar-refractivity contribution in [1.29, 1.82) is 0 Å². The smallest absolute Gasteiger partial charge is 0.161 e. The lowest BCUT2D eigenvalue weighted by Crippen LogP contribution is -2.40. The number of methoxy groups -OCH3 is 1. The first-order valence-electron chi connectivity index (χ1n) is 9.26. The van der Waals surface area contributed by atoms with Gasteiger partial charge in [0.05, 0.1) is 7.11 Å². The van der Waals surface area contributed by atoms with Crippen LogP contribution in [0.2, 0.25) is 0 Å². The summed E-state index contributed by atoms with van der Waals surface area (Å²) in [4.78, 5) is 2.30.